The van der Waals surface area contributed by atoms with E-state index in [-0.39, 0.29) is 12.6 Å². The van der Waals surface area contributed by atoms with Gasteiger partial charge in [-0.1, -0.05) is 40.7 Å². The van der Waals surface area contributed by atoms with Gasteiger partial charge in [0.05, 0.1) is 5.56 Å². The van der Waals surface area contributed by atoms with Crippen molar-refractivity contribution < 1.29 is 9.53 Å². The van der Waals surface area contributed by atoms with Gasteiger partial charge in [0.25, 0.3) is 0 Å². The summed E-state index contributed by atoms with van der Waals surface area (Å²) >= 11 is 3.36. The van der Waals surface area contributed by atoms with Crippen molar-refractivity contribution in [1.82, 2.24) is 0 Å². The number of benzene rings is 1. The van der Waals surface area contributed by atoms with Crippen molar-refractivity contribution in [3.63, 3.8) is 0 Å². The molecule has 80 valence electrons. The fourth-order valence-electron chi connectivity index (χ4n) is 1.18. The van der Waals surface area contributed by atoms with Crippen molar-refractivity contribution in [2.45, 2.75) is 6.42 Å². The van der Waals surface area contributed by atoms with Gasteiger partial charge in [0.2, 0.25) is 0 Å². The number of carbonyl (C=O) groups is 1. The molecular formula is C12H13BrO2. The molecule has 0 saturated carbocycles. The van der Waals surface area contributed by atoms with Crippen LogP contribution in [0, 0.1) is 0 Å². The molecule has 0 amide bonds. The van der Waals surface area contributed by atoms with Crippen LogP contribution in [0.2, 0.25) is 0 Å². The summed E-state index contributed by atoms with van der Waals surface area (Å²) in [7, 11) is 0. The van der Waals surface area contributed by atoms with Crippen LogP contribution in [0.25, 0.3) is 0 Å². The molecule has 0 heterocycles. The lowest BCUT2D eigenvalue weighted by atomic mass is 10.1. The molecule has 15 heavy (non-hydrogen) atoms. The highest BCUT2D eigenvalue weighted by atomic mass is 79.9. The van der Waals surface area contributed by atoms with Gasteiger partial charge in [-0.3, -0.25) is 0 Å². The molecule has 1 aromatic carbocycles. The summed E-state index contributed by atoms with van der Waals surface area (Å²) in [6.45, 7) is 3.74. The molecule has 2 nitrogen and oxygen atoms in total. The monoisotopic (exact) mass is 268 g/mol. The maximum absolute atomic E-state index is 11.5. The zero-order valence-corrected chi connectivity index (χ0v) is 10.00. The Morgan fingerprint density at radius 3 is 3.00 bits per heavy atom. The lowest BCUT2D eigenvalue weighted by Gasteiger charge is -2.03. The average molecular weight is 269 g/mol. The van der Waals surface area contributed by atoms with Crippen LogP contribution in [0.4, 0.5) is 0 Å². The van der Waals surface area contributed by atoms with Gasteiger partial charge in [-0.05, 0) is 24.1 Å². The van der Waals surface area contributed by atoms with Crippen LogP contribution in [0.1, 0.15) is 15.9 Å². The van der Waals surface area contributed by atoms with Crippen LogP contribution in [0.5, 0.6) is 0 Å². The van der Waals surface area contributed by atoms with Crippen LogP contribution in [-0.4, -0.2) is 17.9 Å². The minimum absolute atomic E-state index is 0.251. The molecule has 0 unspecified atom stereocenters. The van der Waals surface area contributed by atoms with E-state index >= 15 is 0 Å². The molecule has 0 radical (unpaired) electrons. The maximum atomic E-state index is 11.5. The second-order valence-electron chi connectivity index (χ2n) is 3.03. The Bertz CT molecular complexity index is 347. The van der Waals surface area contributed by atoms with E-state index in [1.165, 1.54) is 0 Å². The topological polar surface area (TPSA) is 26.3 Å². The van der Waals surface area contributed by atoms with Gasteiger partial charge in [-0.15, -0.1) is 0 Å². The summed E-state index contributed by atoms with van der Waals surface area (Å²) in [5.74, 6) is -0.300. The van der Waals surface area contributed by atoms with E-state index in [2.05, 4.69) is 22.5 Å². The number of halogens is 1. The third kappa shape index (κ3) is 3.88. The Morgan fingerprint density at radius 1 is 1.53 bits per heavy atom. The van der Waals surface area contributed by atoms with Crippen LogP contribution in [0.3, 0.4) is 0 Å². The SMILES string of the molecule is C=CCOC(=O)c1cccc(CCBr)c1. The van der Waals surface area contributed by atoms with Crippen molar-refractivity contribution in [1.29, 1.82) is 0 Å². The van der Waals surface area contributed by atoms with E-state index in [1.807, 2.05) is 18.2 Å². The highest BCUT2D eigenvalue weighted by Crippen LogP contribution is 2.08. The van der Waals surface area contributed by atoms with Crippen molar-refractivity contribution >= 4 is 21.9 Å². The Labute approximate surface area is 98.1 Å². The molecule has 0 atom stereocenters. The molecule has 3 heteroatoms. The molecule has 0 aromatic heterocycles. The van der Waals surface area contributed by atoms with Crippen molar-refractivity contribution in [3.05, 3.63) is 48.0 Å². The van der Waals surface area contributed by atoms with E-state index in [0.717, 1.165) is 17.3 Å². The summed E-state index contributed by atoms with van der Waals surface area (Å²) in [5, 5.41) is 0.887. The van der Waals surface area contributed by atoms with Crippen LogP contribution in [0.15, 0.2) is 36.9 Å². The van der Waals surface area contributed by atoms with E-state index in [4.69, 9.17) is 4.74 Å². The Balaban J connectivity index is 2.71. The van der Waals surface area contributed by atoms with Crippen molar-refractivity contribution in [2.75, 3.05) is 11.9 Å². The van der Waals surface area contributed by atoms with Gasteiger partial charge in [0, 0.05) is 5.33 Å². The molecule has 0 fully saturated rings. The third-order valence-electron chi connectivity index (χ3n) is 1.88. The Kier molecular flexibility index (Phi) is 5.12. The number of ether oxygens (including phenoxy) is 1. The van der Waals surface area contributed by atoms with Crippen LogP contribution >= 0.6 is 15.9 Å². The number of esters is 1. The Hall–Kier alpha value is -1.09. The predicted molar refractivity (Wildman–Crippen MR) is 64.4 cm³/mol. The van der Waals surface area contributed by atoms with E-state index in [1.54, 1.807) is 12.1 Å². The first-order valence-corrected chi connectivity index (χ1v) is 5.83. The zero-order chi connectivity index (χ0) is 11.1. The average Bonchev–Trinajstić information content (AvgIpc) is 2.27. The summed E-state index contributed by atoms with van der Waals surface area (Å²) in [6, 6.07) is 7.46. The first kappa shape index (κ1) is 12.0. The number of carbonyl (C=O) groups excluding carboxylic acids is 1. The second kappa shape index (κ2) is 6.40. The number of hydrogen-bond acceptors (Lipinski definition) is 2. The lowest BCUT2D eigenvalue weighted by molar-refractivity contribution is 0.0549. The van der Waals surface area contributed by atoms with Crippen molar-refractivity contribution in [2.24, 2.45) is 0 Å². The van der Waals surface area contributed by atoms with Crippen molar-refractivity contribution in [3.8, 4) is 0 Å². The van der Waals surface area contributed by atoms with Gasteiger partial charge in [-0.25, -0.2) is 4.79 Å². The number of alkyl halides is 1. The molecule has 0 spiro atoms. The minimum Gasteiger partial charge on any atom is -0.458 e. The fraction of sp³-hybridized carbons (Fsp3) is 0.250. The first-order chi connectivity index (χ1) is 7.27. The third-order valence-corrected chi connectivity index (χ3v) is 2.27. The number of rotatable bonds is 5. The molecule has 0 saturated heterocycles. The van der Waals surface area contributed by atoms with Crippen LogP contribution in [-0.2, 0) is 11.2 Å². The lowest BCUT2D eigenvalue weighted by Crippen LogP contribution is -2.05. The fourth-order valence-corrected chi connectivity index (χ4v) is 1.64. The highest BCUT2D eigenvalue weighted by Gasteiger charge is 2.06. The molecule has 0 N–H and O–H groups in total. The summed E-state index contributed by atoms with van der Waals surface area (Å²) in [4.78, 5) is 11.5. The smallest absolute Gasteiger partial charge is 0.338 e. The Morgan fingerprint density at radius 2 is 2.33 bits per heavy atom. The van der Waals surface area contributed by atoms with Gasteiger partial charge >= 0.3 is 5.97 Å². The zero-order valence-electron chi connectivity index (χ0n) is 8.41. The highest BCUT2D eigenvalue weighted by molar-refractivity contribution is 9.09. The molecule has 0 aliphatic heterocycles. The normalized spacial score (nSPS) is 9.67. The van der Waals surface area contributed by atoms with Crippen LogP contribution < -0.4 is 0 Å². The standard InChI is InChI=1S/C12H13BrO2/c1-2-8-15-12(14)11-5-3-4-10(9-11)6-7-13/h2-5,9H,1,6-8H2. The summed E-state index contributed by atoms with van der Waals surface area (Å²) in [6.07, 6.45) is 2.46. The quantitative estimate of drug-likeness (QED) is 0.466. The molecule has 1 aromatic rings. The van der Waals surface area contributed by atoms with Gasteiger partial charge < -0.3 is 4.74 Å². The maximum Gasteiger partial charge on any atom is 0.338 e. The second-order valence-corrected chi connectivity index (χ2v) is 3.82. The predicted octanol–water partition coefficient (Wildman–Crippen LogP) is 2.97. The van der Waals surface area contributed by atoms with E-state index in [9.17, 15) is 4.79 Å². The van der Waals surface area contributed by atoms with Gasteiger partial charge in [0.15, 0.2) is 0 Å². The minimum atomic E-state index is -0.300. The largest absolute Gasteiger partial charge is 0.458 e. The summed E-state index contributed by atoms with van der Waals surface area (Å²) in [5.41, 5.74) is 1.72. The van der Waals surface area contributed by atoms with E-state index in [0.29, 0.717) is 5.56 Å². The molecular weight excluding hydrogens is 256 g/mol. The number of hydrogen-bond donors (Lipinski definition) is 0. The summed E-state index contributed by atoms with van der Waals surface area (Å²) < 4.78 is 4.94. The van der Waals surface area contributed by atoms with Gasteiger partial charge in [-0.2, -0.15) is 0 Å². The van der Waals surface area contributed by atoms with Gasteiger partial charge in [0.1, 0.15) is 6.61 Å². The van der Waals surface area contributed by atoms with E-state index < -0.39 is 0 Å². The molecule has 1 rings (SSSR count). The number of aryl methyl sites for hydroxylation is 1. The molecule has 0 aliphatic rings. The molecule has 0 aliphatic carbocycles. The first-order valence-electron chi connectivity index (χ1n) is 4.71. The molecule has 0 bridgehead atoms.